The summed E-state index contributed by atoms with van der Waals surface area (Å²) in [5.74, 6) is 2.30. The van der Waals surface area contributed by atoms with Crippen molar-refractivity contribution in [2.24, 2.45) is 0 Å². The number of hydrogen-bond donors (Lipinski definition) is 0. The van der Waals surface area contributed by atoms with Crippen LogP contribution in [-0.4, -0.2) is 19.6 Å². The van der Waals surface area contributed by atoms with Gasteiger partial charge in [-0.1, -0.05) is 79.0 Å². The Balaban J connectivity index is 1.31. The monoisotopic (exact) mass is 412 g/mol. The van der Waals surface area contributed by atoms with Crippen molar-refractivity contribution < 1.29 is 0 Å². The van der Waals surface area contributed by atoms with Crippen LogP contribution in [0.15, 0.2) is 63.5 Å². The molecule has 4 nitrogen and oxygen atoms in total. The molecule has 0 saturated carbocycles. The normalized spacial score (nSPS) is 11.5. The second-order valence-corrected chi connectivity index (χ2v) is 9.93. The van der Waals surface area contributed by atoms with E-state index in [4.69, 9.17) is 0 Å². The molecule has 0 N–H and O–H groups in total. The third-order valence-electron chi connectivity index (χ3n) is 4.15. The van der Waals surface area contributed by atoms with E-state index in [1.165, 1.54) is 11.1 Å². The number of hydrogen-bond acceptors (Lipinski definition) is 6. The van der Waals surface area contributed by atoms with Crippen LogP contribution in [0.3, 0.4) is 0 Å². The lowest BCUT2D eigenvalue weighted by Gasteiger charge is -2.05. The number of benzene rings is 1. The summed E-state index contributed by atoms with van der Waals surface area (Å²) in [6, 6.07) is 14.9. The molecule has 0 bridgehead atoms. The van der Waals surface area contributed by atoms with Gasteiger partial charge in [-0.3, -0.25) is 0 Å². The first-order valence-electron chi connectivity index (χ1n) is 8.78. The molecule has 0 aliphatic heterocycles. The summed E-state index contributed by atoms with van der Waals surface area (Å²) in [6.07, 6.45) is 4.09. The molecule has 0 saturated heterocycles. The van der Waals surface area contributed by atoms with Crippen LogP contribution in [0.1, 0.15) is 36.6 Å². The molecule has 4 aromatic rings. The first kappa shape index (κ1) is 18.5. The molecule has 0 unspecified atom stereocenters. The molecule has 0 atom stereocenters. The van der Waals surface area contributed by atoms with Gasteiger partial charge < -0.3 is 4.40 Å². The molecule has 3 aromatic heterocycles. The van der Waals surface area contributed by atoms with E-state index >= 15 is 0 Å². The van der Waals surface area contributed by atoms with Gasteiger partial charge in [0.15, 0.2) is 8.68 Å². The fraction of sp³-hybridized carbons (Fsp3) is 0.250. The second-order valence-electron chi connectivity index (χ2n) is 6.51. The highest BCUT2D eigenvalue weighted by Gasteiger charge is 2.08. The van der Waals surface area contributed by atoms with E-state index in [9.17, 15) is 0 Å². The van der Waals surface area contributed by atoms with Crippen LogP contribution in [0, 0.1) is 0 Å². The zero-order valence-corrected chi connectivity index (χ0v) is 17.7. The Hall–Kier alpha value is -1.83. The molecule has 0 fully saturated rings. The van der Waals surface area contributed by atoms with E-state index in [-0.39, 0.29) is 0 Å². The predicted molar refractivity (Wildman–Crippen MR) is 115 cm³/mol. The molecule has 0 spiro atoms. The van der Waals surface area contributed by atoms with Gasteiger partial charge >= 0.3 is 0 Å². The molecule has 1 aromatic carbocycles. The average molecular weight is 413 g/mol. The third-order valence-corrected chi connectivity index (χ3v) is 7.45. The van der Waals surface area contributed by atoms with Gasteiger partial charge in [-0.15, -0.1) is 10.2 Å². The fourth-order valence-electron chi connectivity index (χ4n) is 2.65. The Morgan fingerprint density at radius 1 is 0.963 bits per heavy atom. The molecule has 0 aliphatic rings. The SMILES string of the molecule is CC(C)c1ccc(CSc2nnc(SCc3cn4ccccc4n3)s2)cc1. The summed E-state index contributed by atoms with van der Waals surface area (Å²) in [5.41, 5.74) is 4.73. The van der Waals surface area contributed by atoms with Crippen molar-refractivity contribution in [1.29, 1.82) is 0 Å². The minimum Gasteiger partial charge on any atom is -0.307 e. The summed E-state index contributed by atoms with van der Waals surface area (Å²) in [4.78, 5) is 4.62. The van der Waals surface area contributed by atoms with Gasteiger partial charge in [-0.2, -0.15) is 0 Å². The van der Waals surface area contributed by atoms with Crippen LogP contribution >= 0.6 is 34.9 Å². The Kier molecular flexibility index (Phi) is 5.80. The summed E-state index contributed by atoms with van der Waals surface area (Å²) < 4.78 is 4.05. The number of rotatable bonds is 7. The minimum atomic E-state index is 0.572. The number of thioether (sulfide) groups is 2. The smallest absolute Gasteiger partial charge is 0.175 e. The first-order chi connectivity index (χ1) is 13.2. The Morgan fingerprint density at radius 3 is 2.41 bits per heavy atom. The van der Waals surface area contributed by atoms with Gasteiger partial charge in [0, 0.05) is 23.9 Å². The lowest BCUT2D eigenvalue weighted by atomic mass is 10.0. The molecular formula is C20H20N4S3. The lowest BCUT2D eigenvalue weighted by molar-refractivity contribution is 0.866. The third kappa shape index (κ3) is 4.72. The molecular weight excluding hydrogens is 392 g/mol. The van der Waals surface area contributed by atoms with Crippen molar-refractivity contribution in [1.82, 2.24) is 19.6 Å². The predicted octanol–water partition coefficient (Wildman–Crippen LogP) is 5.89. The van der Waals surface area contributed by atoms with E-state index < -0.39 is 0 Å². The molecule has 3 heterocycles. The highest BCUT2D eigenvalue weighted by molar-refractivity contribution is 8.02. The molecule has 4 rings (SSSR count). The van der Waals surface area contributed by atoms with Gasteiger partial charge in [0.1, 0.15) is 5.65 Å². The van der Waals surface area contributed by atoms with Crippen LogP contribution in [0.5, 0.6) is 0 Å². The van der Waals surface area contributed by atoms with Crippen molar-refractivity contribution in [2.45, 2.75) is 40.0 Å². The van der Waals surface area contributed by atoms with Crippen LogP contribution < -0.4 is 0 Å². The Bertz CT molecular complexity index is 988. The molecule has 0 aliphatic carbocycles. The maximum Gasteiger partial charge on any atom is 0.175 e. The molecule has 0 amide bonds. The zero-order valence-electron chi connectivity index (χ0n) is 15.2. The van der Waals surface area contributed by atoms with E-state index in [0.717, 1.165) is 31.5 Å². The van der Waals surface area contributed by atoms with Crippen LogP contribution in [0.25, 0.3) is 5.65 Å². The van der Waals surface area contributed by atoms with E-state index in [1.54, 1.807) is 34.9 Å². The van der Waals surface area contributed by atoms with Gasteiger partial charge in [0.05, 0.1) is 5.69 Å². The number of pyridine rings is 1. The maximum atomic E-state index is 4.62. The summed E-state index contributed by atoms with van der Waals surface area (Å²) >= 11 is 5.09. The van der Waals surface area contributed by atoms with E-state index in [0.29, 0.717) is 5.92 Å². The van der Waals surface area contributed by atoms with Gasteiger partial charge in [-0.25, -0.2) is 4.98 Å². The van der Waals surface area contributed by atoms with Crippen molar-refractivity contribution in [3.63, 3.8) is 0 Å². The molecule has 27 heavy (non-hydrogen) atoms. The quantitative estimate of drug-likeness (QED) is 0.354. The van der Waals surface area contributed by atoms with Gasteiger partial charge in [-0.05, 0) is 29.2 Å². The molecule has 138 valence electrons. The number of nitrogens with zero attached hydrogens (tertiary/aromatic N) is 4. The summed E-state index contributed by atoms with van der Waals surface area (Å²) in [5, 5.41) is 8.63. The zero-order chi connectivity index (χ0) is 18.6. The Morgan fingerprint density at radius 2 is 1.70 bits per heavy atom. The number of imidazole rings is 1. The largest absolute Gasteiger partial charge is 0.307 e. The maximum absolute atomic E-state index is 4.62. The standard InChI is InChI=1S/C20H20N4S3/c1-14(2)16-8-6-15(7-9-16)12-25-19-22-23-20(27-19)26-13-17-11-24-10-4-3-5-18(24)21-17/h3-11,14H,12-13H2,1-2H3. The van der Waals surface area contributed by atoms with Crippen LogP contribution in [0.4, 0.5) is 0 Å². The summed E-state index contributed by atoms with van der Waals surface area (Å²) in [7, 11) is 0. The van der Waals surface area contributed by atoms with E-state index in [1.807, 2.05) is 28.8 Å². The van der Waals surface area contributed by atoms with Crippen LogP contribution in [0.2, 0.25) is 0 Å². The fourth-order valence-corrected chi connectivity index (χ4v) is 5.51. The number of fused-ring (bicyclic) bond motifs is 1. The lowest BCUT2D eigenvalue weighted by Crippen LogP contribution is -1.87. The van der Waals surface area contributed by atoms with Gasteiger partial charge in [0.2, 0.25) is 0 Å². The van der Waals surface area contributed by atoms with Crippen molar-refractivity contribution in [3.8, 4) is 0 Å². The van der Waals surface area contributed by atoms with Gasteiger partial charge in [0.25, 0.3) is 0 Å². The minimum absolute atomic E-state index is 0.572. The first-order valence-corrected chi connectivity index (χ1v) is 11.6. The average Bonchev–Trinajstić information content (AvgIpc) is 3.31. The van der Waals surface area contributed by atoms with E-state index in [2.05, 4.69) is 59.5 Å². The Labute approximate surface area is 171 Å². The van der Waals surface area contributed by atoms with Crippen molar-refractivity contribution in [2.75, 3.05) is 0 Å². The topological polar surface area (TPSA) is 43.1 Å². The highest BCUT2D eigenvalue weighted by atomic mass is 32.2. The van der Waals surface area contributed by atoms with Crippen molar-refractivity contribution >= 4 is 40.5 Å². The highest BCUT2D eigenvalue weighted by Crippen LogP contribution is 2.32. The molecule has 0 radical (unpaired) electrons. The second kappa shape index (κ2) is 8.46. The molecule has 7 heteroatoms. The number of aromatic nitrogens is 4. The van der Waals surface area contributed by atoms with Crippen molar-refractivity contribution in [3.05, 3.63) is 71.7 Å². The van der Waals surface area contributed by atoms with Crippen LogP contribution in [-0.2, 0) is 11.5 Å². The summed E-state index contributed by atoms with van der Waals surface area (Å²) in [6.45, 7) is 4.44.